The molecule has 2 heterocycles. The number of hydrogen-bond acceptors (Lipinski definition) is 3. The predicted octanol–water partition coefficient (Wildman–Crippen LogP) is 1.27. The number of halogens is 1. The van der Waals surface area contributed by atoms with Gasteiger partial charge in [-0.05, 0) is 27.6 Å². The number of aliphatic hydroxyl groups is 1. The fraction of sp³-hybridized carbons (Fsp3) is 0.500. The second-order valence-electron chi connectivity index (χ2n) is 3.73. The number of likely N-dealkylation sites (tertiary alicyclic amines) is 1. The van der Waals surface area contributed by atoms with Crippen LogP contribution in [0.3, 0.4) is 0 Å². The van der Waals surface area contributed by atoms with Crippen molar-refractivity contribution in [2.24, 2.45) is 5.92 Å². The molecule has 0 aliphatic carbocycles. The van der Waals surface area contributed by atoms with Crippen LogP contribution in [0.5, 0.6) is 0 Å². The Kier molecular flexibility index (Phi) is 3.15. The molecule has 4 heteroatoms. The van der Waals surface area contributed by atoms with Crippen molar-refractivity contribution in [3.8, 4) is 0 Å². The van der Waals surface area contributed by atoms with Crippen LogP contribution in [0, 0.1) is 5.92 Å². The molecule has 3 nitrogen and oxygen atoms in total. The predicted molar refractivity (Wildman–Crippen MR) is 57.8 cm³/mol. The first-order valence-electron chi connectivity index (χ1n) is 4.71. The number of pyridine rings is 1. The second-order valence-corrected chi connectivity index (χ2v) is 4.54. The van der Waals surface area contributed by atoms with Crippen LogP contribution in [0.2, 0.25) is 0 Å². The topological polar surface area (TPSA) is 36.4 Å². The summed E-state index contributed by atoms with van der Waals surface area (Å²) in [6.45, 7) is 3.27. The molecule has 0 bridgehead atoms. The van der Waals surface area contributed by atoms with Gasteiger partial charge in [0.15, 0.2) is 0 Å². The smallest absolute Gasteiger partial charge is 0.106 e. The highest BCUT2D eigenvalue weighted by atomic mass is 79.9. The highest BCUT2D eigenvalue weighted by Crippen LogP contribution is 2.18. The molecule has 76 valence electrons. The molecule has 1 aliphatic heterocycles. The zero-order valence-electron chi connectivity index (χ0n) is 7.86. The largest absolute Gasteiger partial charge is 0.396 e. The molecule has 1 saturated heterocycles. The maximum Gasteiger partial charge on any atom is 0.106 e. The van der Waals surface area contributed by atoms with E-state index in [0.717, 1.165) is 24.2 Å². The standard InChI is InChI=1S/C10H13BrN2O/c11-10-2-1-8(3-12-10)4-13-5-9(6-13)7-14/h1-3,9,14H,4-7H2. The van der Waals surface area contributed by atoms with Crippen LogP contribution in [0.15, 0.2) is 22.9 Å². The van der Waals surface area contributed by atoms with Crippen molar-refractivity contribution >= 4 is 15.9 Å². The van der Waals surface area contributed by atoms with Crippen molar-refractivity contribution in [1.29, 1.82) is 0 Å². The number of hydrogen-bond donors (Lipinski definition) is 1. The van der Waals surface area contributed by atoms with Gasteiger partial charge in [0.25, 0.3) is 0 Å². The van der Waals surface area contributed by atoms with E-state index in [-0.39, 0.29) is 0 Å². The lowest BCUT2D eigenvalue weighted by molar-refractivity contribution is 0.0478. The Hall–Kier alpha value is -0.450. The second kappa shape index (κ2) is 4.38. The monoisotopic (exact) mass is 256 g/mol. The van der Waals surface area contributed by atoms with Crippen LogP contribution in [-0.4, -0.2) is 34.7 Å². The summed E-state index contributed by atoms with van der Waals surface area (Å²) in [7, 11) is 0. The molecule has 0 atom stereocenters. The third-order valence-corrected chi connectivity index (χ3v) is 2.95. The molecular weight excluding hydrogens is 244 g/mol. The van der Waals surface area contributed by atoms with Crippen molar-refractivity contribution < 1.29 is 5.11 Å². The summed E-state index contributed by atoms with van der Waals surface area (Å²) < 4.78 is 0.873. The van der Waals surface area contributed by atoms with Crippen LogP contribution in [0.25, 0.3) is 0 Å². The fourth-order valence-electron chi connectivity index (χ4n) is 1.68. The highest BCUT2D eigenvalue weighted by molar-refractivity contribution is 9.10. The number of nitrogens with zero attached hydrogens (tertiary/aromatic N) is 2. The first-order valence-corrected chi connectivity index (χ1v) is 5.51. The number of aromatic nitrogens is 1. The van der Waals surface area contributed by atoms with E-state index in [9.17, 15) is 0 Å². The summed E-state index contributed by atoms with van der Waals surface area (Å²) in [5.74, 6) is 0.485. The lowest BCUT2D eigenvalue weighted by Gasteiger charge is -2.38. The normalized spacial score (nSPS) is 18.1. The summed E-state index contributed by atoms with van der Waals surface area (Å²) in [6, 6.07) is 4.03. The van der Waals surface area contributed by atoms with Crippen LogP contribution in [0.4, 0.5) is 0 Å². The summed E-state index contributed by atoms with van der Waals surface area (Å²) in [5.41, 5.74) is 1.23. The maximum atomic E-state index is 8.86. The molecule has 14 heavy (non-hydrogen) atoms. The van der Waals surface area contributed by atoms with Crippen LogP contribution in [-0.2, 0) is 6.54 Å². The third-order valence-electron chi connectivity index (χ3n) is 2.49. The van der Waals surface area contributed by atoms with E-state index in [1.54, 1.807) is 0 Å². The first kappa shape index (κ1) is 10.1. The summed E-state index contributed by atoms with van der Waals surface area (Å²) >= 11 is 3.31. The van der Waals surface area contributed by atoms with Gasteiger partial charge in [-0.15, -0.1) is 0 Å². The maximum absolute atomic E-state index is 8.86. The Bertz CT molecular complexity index is 295. The number of aliphatic hydroxyl groups excluding tert-OH is 1. The lowest BCUT2D eigenvalue weighted by atomic mass is 10.0. The van der Waals surface area contributed by atoms with Crippen molar-refractivity contribution in [3.05, 3.63) is 28.5 Å². The van der Waals surface area contributed by atoms with Gasteiger partial charge in [0.2, 0.25) is 0 Å². The Morgan fingerprint density at radius 2 is 2.29 bits per heavy atom. The van der Waals surface area contributed by atoms with Gasteiger partial charge in [0.05, 0.1) is 0 Å². The van der Waals surface area contributed by atoms with E-state index in [0.29, 0.717) is 12.5 Å². The van der Waals surface area contributed by atoms with E-state index in [1.807, 2.05) is 12.3 Å². The van der Waals surface area contributed by atoms with E-state index in [4.69, 9.17) is 5.11 Å². The Labute approximate surface area is 91.9 Å². The van der Waals surface area contributed by atoms with E-state index >= 15 is 0 Å². The zero-order valence-corrected chi connectivity index (χ0v) is 9.44. The zero-order chi connectivity index (χ0) is 9.97. The fourth-order valence-corrected chi connectivity index (χ4v) is 1.91. The van der Waals surface area contributed by atoms with Crippen LogP contribution >= 0.6 is 15.9 Å². The minimum atomic E-state index is 0.315. The summed E-state index contributed by atoms with van der Waals surface area (Å²) in [6.07, 6.45) is 1.89. The Balaban J connectivity index is 1.84. The molecule has 0 spiro atoms. The van der Waals surface area contributed by atoms with Crippen molar-refractivity contribution in [2.75, 3.05) is 19.7 Å². The minimum Gasteiger partial charge on any atom is -0.396 e. The van der Waals surface area contributed by atoms with Gasteiger partial charge >= 0.3 is 0 Å². The lowest BCUT2D eigenvalue weighted by Crippen LogP contribution is -2.47. The highest BCUT2D eigenvalue weighted by Gasteiger charge is 2.25. The quantitative estimate of drug-likeness (QED) is 0.828. The number of rotatable bonds is 3. The Morgan fingerprint density at radius 3 is 2.86 bits per heavy atom. The van der Waals surface area contributed by atoms with Crippen LogP contribution in [0.1, 0.15) is 5.56 Å². The average Bonchev–Trinajstić information content (AvgIpc) is 2.13. The van der Waals surface area contributed by atoms with Crippen LogP contribution < -0.4 is 0 Å². The summed E-state index contributed by atoms with van der Waals surface area (Å²) in [4.78, 5) is 6.48. The molecule has 2 rings (SSSR count). The molecule has 1 fully saturated rings. The van der Waals surface area contributed by atoms with Gasteiger partial charge in [0.1, 0.15) is 4.60 Å². The third kappa shape index (κ3) is 2.32. The van der Waals surface area contributed by atoms with Crippen molar-refractivity contribution in [3.63, 3.8) is 0 Å². The molecule has 0 unspecified atom stereocenters. The molecule has 0 radical (unpaired) electrons. The van der Waals surface area contributed by atoms with E-state index in [1.165, 1.54) is 5.56 Å². The molecule has 0 saturated carbocycles. The molecule has 1 aliphatic rings. The molecular formula is C10H13BrN2O. The van der Waals surface area contributed by atoms with Gasteiger partial charge in [-0.2, -0.15) is 0 Å². The van der Waals surface area contributed by atoms with Gasteiger partial charge in [-0.25, -0.2) is 4.98 Å². The molecule has 0 amide bonds. The van der Waals surface area contributed by atoms with E-state index in [2.05, 4.69) is 31.9 Å². The van der Waals surface area contributed by atoms with Crippen molar-refractivity contribution in [1.82, 2.24) is 9.88 Å². The Morgan fingerprint density at radius 1 is 1.50 bits per heavy atom. The summed E-state index contributed by atoms with van der Waals surface area (Å²) in [5, 5.41) is 8.86. The van der Waals surface area contributed by atoms with Gasteiger partial charge in [-0.1, -0.05) is 6.07 Å². The average molecular weight is 257 g/mol. The van der Waals surface area contributed by atoms with Crippen molar-refractivity contribution in [2.45, 2.75) is 6.54 Å². The SMILES string of the molecule is OCC1CN(Cc2ccc(Br)nc2)C1. The molecule has 1 N–H and O–H groups in total. The van der Waals surface area contributed by atoms with Gasteiger partial charge < -0.3 is 5.11 Å². The van der Waals surface area contributed by atoms with Gasteiger partial charge in [0, 0.05) is 38.4 Å². The van der Waals surface area contributed by atoms with Gasteiger partial charge in [-0.3, -0.25) is 4.90 Å². The van der Waals surface area contributed by atoms with E-state index < -0.39 is 0 Å². The molecule has 1 aromatic heterocycles. The first-order chi connectivity index (χ1) is 6.78. The molecule has 0 aromatic carbocycles. The minimum absolute atomic E-state index is 0.315. The molecule has 1 aromatic rings.